The number of hydrogen-bond acceptors (Lipinski definition) is 4. The molecule has 0 aliphatic rings. The van der Waals surface area contributed by atoms with Gasteiger partial charge in [0, 0.05) is 39.5 Å². The van der Waals surface area contributed by atoms with E-state index < -0.39 is 0 Å². The van der Waals surface area contributed by atoms with Crippen molar-refractivity contribution < 1.29 is 19.1 Å². The second kappa shape index (κ2) is 13.1. The smallest absolute Gasteiger partial charge is 0.220 e. The van der Waals surface area contributed by atoms with E-state index in [1.807, 2.05) is 0 Å². The highest BCUT2D eigenvalue weighted by molar-refractivity contribution is 5.78. The minimum Gasteiger partial charge on any atom is -0.385 e. The minimum atomic E-state index is 0.0675. The number of carbonyl (C=O) groups is 2. The lowest BCUT2D eigenvalue weighted by Gasteiger charge is -2.07. The number of amides is 1. The Morgan fingerprint density at radius 3 is 2.45 bits per heavy atom. The number of nitrogens with one attached hydrogen (secondary N) is 1. The summed E-state index contributed by atoms with van der Waals surface area (Å²) in [5, 5.41) is 2.80. The van der Waals surface area contributed by atoms with Gasteiger partial charge in [-0.1, -0.05) is 13.8 Å². The molecule has 0 radical (unpaired) electrons. The van der Waals surface area contributed by atoms with Crippen LogP contribution in [0.5, 0.6) is 0 Å². The Balaban J connectivity index is 3.31. The molecular formula is C15H29NO4. The predicted molar refractivity (Wildman–Crippen MR) is 78.6 cm³/mol. The van der Waals surface area contributed by atoms with Gasteiger partial charge in [0.05, 0.1) is 13.2 Å². The minimum absolute atomic E-state index is 0.0675. The Bertz CT molecular complexity index is 267. The molecule has 0 fully saturated rings. The number of rotatable bonds is 13. The summed E-state index contributed by atoms with van der Waals surface area (Å²) < 4.78 is 10.2. The van der Waals surface area contributed by atoms with E-state index in [-0.39, 0.29) is 11.7 Å². The van der Waals surface area contributed by atoms with Crippen molar-refractivity contribution in [3.63, 3.8) is 0 Å². The second-order valence-electron chi connectivity index (χ2n) is 5.28. The Hall–Kier alpha value is -0.940. The molecule has 0 aliphatic heterocycles. The van der Waals surface area contributed by atoms with Gasteiger partial charge in [-0.15, -0.1) is 0 Å². The molecule has 5 nitrogen and oxygen atoms in total. The SMILES string of the molecule is COCCCC(=O)CCOCCNC(=O)CCC(C)C. The molecule has 0 aromatic carbocycles. The quantitative estimate of drug-likeness (QED) is 0.526. The molecule has 0 spiro atoms. The van der Waals surface area contributed by atoms with E-state index in [0.29, 0.717) is 51.5 Å². The van der Waals surface area contributed by atoms with E-state index in [4.69, 9.17) is 9.47 Å². The third-order valence-electron chi connectivity index (χ3n) is 2.85. The maximum absolute atomic E-state index is 11.4. The Kier molecular flexibility index (Phi) is 12.4. The van der Waals surface area contributed by atoms with Crippen molar-refractivity contribution in [2.75, 3.05) is 33.5 Å². The number of carbonyl (C=O) groups excluding carboxylic acids is 2. The molecular weight excluding hydrogens is 258 g/mol. The third kappa shape index (κ3) is 13.5. The molecule has 0 rings (SSSR count). The molecule has 118 valence electrons. The fourth-order valence-corrected chi connectivity index (χ4v) is 1.60. The summed E-state index contributed by atoms with van der Waals surface area (Å²) >= 11 is 0. The van der Waals surface area contributed by atoms with Crippen LogP contribution in [0.4, 0.5) is 0 Å². The van der Waals surface area contributed by atoms with Crippen LogP contribution >= 0.6 is 0 Å². The van der Waals surface area contributed by atoms with Gasteiger partial charge in [0.25, 0.3) is 0 Å². The van der Waals surface area contributed by atoms with Crippen molar-refractivity contribution in [2.45, 2.75) is 46.0 Å². The fourth-order valence-electron chi connectivity index (χ4n) is 1.60. The van der Waals surface area contributed by atoms with Gasteiger partial charge in [-0.25, -0.2) is 0 Å². The average Bonchev–Trinajstić information content (AvgIpc) is 2.40. The molecule has 0 heterocycles. The summed E-state index contributed by atoms with van der Waals surface area (Å²) in [5.41, 5.74) is 0. The monoisotopic (exact) mass is 287 g/mol. The van der Waals surface area contributed by atoms with Crippen LogP contribution < -0.4 is 5.32 Å². The standard InChI is InChI=1S/C15H29NO4/c1-13(2)6-7-15(18)16-9-12-20-11-8-14(17)5-4-10-19-3/h13H,4-12H2,1-3H3,(H,16,18). The molecule has 0 unspecified atom stereocenters. The van der Waals surface area contributed by atoms with Gasteiger partial charge in [0.2, 0.25) is 5.91 Å². The summed E-state index contributed by atoms with van der Waals surface area (Å²) in [5.74, 6) is 0.807. The van der Waals surface area contributed by atoms with Crippen LogP contribution in [0.15, 0.2) is 0 Å². The number of hydrogen-bond donors (Lipinski definition) is 1. The number of methoxy groups -OCH3 is 1. The first kappa shape index (κ1) is 19.1. The molecule has 0 atom stereocenters. The average molecular weight is 287 g/mol. The molecule has 0 aliphatic carbocycles. The highest BCUT2D eigenvalue weighted by atomic mass is 16.5. The van der Waals surface area contributed by atoms with Crippen LogP contribution in [-0.2, 0) is 19.1 Å². The fraction of sp³-hybridized carbons (Fsp3) is 0.867. The van der Waals surface area contributed by atoms with E-state index >= 15 is 0 Å². The van der Waals surface area contributed by atoms with Crippen molar-refractivity contribution in [3.8, 4) is 0 Å². The molecule has 5 heteroatoms. The number of ether oxygens (including phenoxy) is 2. The van der Waals surface area contributed by atoms with E-state index in [0.717, 1.165) is 12.8 Å². The lowest BCUT2D eigenvalue weighted by Crippen LogP contribution is -2.27. The molecule has 0 aromatic heterocycles. The summed E-state index contributed by atoms with van der Waals surface area (Å²) in [7, 11) is 1.63. The second-order valence-corrected chi connectivity index (χ2v) is 5.28. The van der Waals surface area contributed by atoms with E-state index in [9.17, 15) is 9.59 Å². The van der Waals surface area contributed by atoms with Gasteiger partial charge in [0.1, 0.15) is 5.78 Å². The van der Waals surface area contributed by atoms with Gasteiger partial charge in [-0.3, -0.25) is 9.59 Å². The molecule has 0 saturated heterocycles. The summed E-state index contributed by atoms with van der Waals surface area (Å²) in [6.45, 7) is 6.20. The molecule has 0 saturated carbocycles. The van der Waals surface area contributed by atoms with Crippen LogP contribution in [0.2, 0.25) is 0 Å². The zero-order chi connectivity index (χ0) is 15.2. The van der Waals surface area contributed by atoms with Crippen LogP contribution in [0, 0.1) is 5.92 Å². The first-order valence-corrected chi connectivity index (χ1v) is 7.41. The van der Waals surface area contributed by atoms with Gasteiger partial charge in [-0.05, 0) is 18.8 Å². The number of Topliss-reactive ketones (excluding diaryl/α,β-unsaturated/α-hetero) is 1. The van der Waals surface area contributed by atoms with Crippen molar-refractivity contribution in [1.82, 2.24) is 5.32 Å². The van der Waals surface area contributed by atoms with E-state index in [2.05, 4.69) is 19.2 Å². The van der Waals surface area contributed by atoms with Crippen molar-refractivity contribution in [3.05, 3.63) is 0 Å². The Morgan fingerprint density at radius 2 is 1.80 bits per heavy atom. The largest absolute Gasteiger partial charge is 0.385 e. The van der Waals surface area contributed by atoms with Crippen molar-refractivity contribution in [2.24, 2.45) is 5.92 Å². The first-order valence-electron chi connectivity index (χ1n) is 7.41. The molecule has 20 heavy (non-hydrogen) atoms. The maximum Gasteiger partial charge on any atom is 0.220 e. The first-order chi connectivity index (χ1) is 9.56. The highest BCUT2D eigenvalue weighted by Gasteiger charge is 2.03. The van der Waals surface area contributed by atoms with Crippen molar-refractivity contribution in [1.29, 1.82) is 0 Å². The van der Waals surface area contributed by atoms with Gasteiger partial charge in [0.15, 0.2) is 0 Å². The molecule has 1 N–H and O–H groups in total. The topological polar surface area (TPSA) is 64.6 Å². The molecule has 0 aromatic rings. The van der Waals surface area contributed by atoms with Crippen LogP contribution in [0.3, 0.4) is 0 Å². The zero-order valence-corrected chi connectivity index (χ0v) is 13.1. The molecule has 0 bridgehead atoms. The normalized spacial score (nSPS) is 10.8. The van der Waals surface area contributed by atoms with Crippen LogP contribution in [0.1, 0.15) is 46.0 Å². The summed E-state index contributed by atoms with van der Waals surface area (Å²) in [6, 6.07) is 0. The van der Waals surface area contributed by atoms with Crippen LogP contribution in [0.25, 0.3) is 0 Å². The van der Waals surface area contributed by atoms with E-state index in [1.54, 1.807) is 7.11 Å². The van der Waals surface area contributed by atoms with E-state index in [1.165, 1.54) is 0 Å². The predicted octanol–water partition coefficient (Wildman–Crippen LogP) is 1.94. The highest BCUT2D eigenvalue weighted by Crippen LogP contribution is 2.02. The zero-order valence-electron chi connectivity index (χ0n) is 13.1. The number of ketones is 1. The van der Waals surface area contributed by atoms with Crippen molar-refractivity contribution >= 4 is 11.7 Å². The van der Waals surface area contributed by atoms with Gasteiger partial charge < -0.3 is 14.8 Å². The summed E-state index contributed by atoms with van der Waals surface area (Å²) in [6.07, 6.45) is 3.22. The Morgan fingerprint density at radius 1 is 1.05 bits per heavy atom. The van der Waals surface area contributed by atoms with Crippen LogP contribution in [-0.4, -0.2) is 45.2 Å². The molecule has 1 amide bonds. The summed E-state index contributed by atoms with van der Waals surface area (Å²) in [4.78, 5) is 22.8. The third-order valence-corrected chi connectivity index (χ3v) is 2.85. The maximum atomic E-state index is 11.4. The van der Waals surface area contributed by atoms with Gasteiger partial charge in [-0.2, -0.15) is 0 Å². The Labute approximate surface area is 122 Å². The lowest BCUT2D eigenvalue weighted by molar-refractivity contribution is -0.122. The lowest BCUT2D eigenvalue weighted by atomic mass is 10.1. The van der Waals surface area contributed by atoms with Gasteiger partial charge >= 0.3 is 0 Å².